The fourth-order valence-electron chi connectivity index (χ4n) is 2.97. The lowest BCUT2D eigenvalue weighted by molar-refractivity contribution is -0.385. The van der Waals surface area contributed by atoms with Gasteiger partial charge in [-0.25, -0.2) is 13.2 Å². The lowest BCUT2D eigenvalue weighted by Crippen LogP contribution is -2.20. The molecule has 0 heterocycles. The number of carbonyl (C=O) groups excluding carboxylic acids is 1. The van der Waals surface area contributed by atoms with E-state index in [2.05, 4.69) is 10.0 Å². The topological polar surface area (TPSA) is 199 Å². The minimum Gasteiger partial charge on any atom is -0.478 e. The third kappa shape index (κ3) is 5.56. The van der Waals surface area contributed by atoms with E-state index in [0.717, 1.165) is 42.0 Å². The highest BCUT2D eigenvalue weighted by molar-refractivity contribution is 7.92. The molecule has 0 aliphatic rings. The van der Waals surface area contributed by atoms with Crippen LogP contribution in [0.3, 0.4) is 0 Å². The highest BCUT2D eigenvalue weighted by Crippen LogP contribution is 2.28. The molecule has 13 nitrogen and oxygen atoms in total. The highest BCUT2D eigenvalue weighted by Gasteiger charge is 2.24. The Morgan fingerprint density at radius 3 is 1.86 bits per heavy atom. The number of aromatic carboxylic acids is 1. The van der Waals surface area contributed by atoms with Gasteiger partial charge < -0.3 is 10.4 Å². The molecule has 0 aromatic heterocycles. The Balaban J connectivity index is 2.05. The van der Waals surface area contributed by atoms with Crippen molar-refractivity contribution in [1.82, 2.24) is 0 Å². The zero-order valence-corrected chi connectivity index (χ0v) is 18.6. The van der Waals surface area contributed by atoms with E-state index in [4.69, 9.17) is 0 Å². The molecule has 0 aliphatic carbocycles. The predicted octanol–water partition coefficient (Wildman–Crippen LogP) is 3.56. The molecule has 3 N–H and O–H groups in total. The van der Waals surface area contributed by atoms with Gasteiger partial charge in [-0.3, -0.25) is 29.7 Å². The Kier molecular flexibility index (Phi) is 6.77. The number of carboxylic acid groups (broad SMARTS) is 1. The van der Waals surface area contributed by atoms with E-state index in [1.165, 1.54) is 24.3 Å². The highest BCUT2D eigenvalue weighted by atomic mass is 32.2. The molecule has 0 unspecified atom stereocenters. The van der Waals surface area contributed by atoms with Crippen LogP contribution in [0.4, 0.5) is 22.7 Å². The first-order chi connectivity index (χ1) is 16.4. The van der Waals surface area contributed by atoms with Crippen LogP contribution in [0.15, 0.2) is 65.6 Å². The van der Waals surface area contributed by atoms with Crippen LogP contribution in [0.2, 0.25) is 0 Å². The van der Waals surface area contributed by atoms with Gasteiger partial charge in [-0.1, -0.05) is 17.7 Å². The summed E-state index contributed by atoms with van der Waals surface area (Å²) in [6.45, 7) is 1.74. The van der Waals surface area contributed by atoms with Gasteiger partial charge in [0.05, 0.1) is 37.2 Å². The van der Waals surface area contributed by atoms with E-state index < -0.39 is 65.6 Å². The number of carbonyl (C=O) groups is 2. The van der Waals surface area contributed by atoms with Crippen molar-refractivity contribution >= 4 is 44.6 Å². The molecule has 0 saturated carbocycles. The normalized spacial score (nSPS) is 10.9. The molecular weight excluding hydrogens is 484 g/mol. The molecule has 0 fully saturated rings. The molecule has 0 aliphatic heterocycles. The first kappa shape index (κ1) is 24.8. The maximum absolute atomic E-state index is 13.0. The number of nitrogens with zero attached hydrogens (tertiary/aromatic N) is 2. The number of carboxylic acids is 1. The van der Waals surface area contributed by atoms with Crippen LogP contribution in [0, 0.1) is 27.2 Å². The predicted molar refractivity (Wildman–Crippen MR) is 123 cm³/mol. The number of anilines is 2. The number of benzene rings is 3. The summed E-state index contributed by atoms with van der Waals surface area (Å²) in [7, 11) is -4.28. The van der Waals surface area contributed by atoms with E-state index in [9.17, 15) is 43.3 Å². The molecule has 3 aromatic rings. The first-order valence-electron chi connectivity index (χ1n) is 9.60. The first-order valence-corrected chi connectivity index (χ1v) is 11.1. The number of sulfonamides is 1. The number of nitro benzene ring substituents is 2. The van der Waals surface area contributed by atoms with Gasteiger partial charge >= 0.3 is 5.97 Å². The molecule has 0 radical (unpaired) electrons. The number of nitrogens with one attached hydrogen (secondary N) is 2. The number of hydrogen-bond donors (Lipinski definition) is 3. The Labute approximate surface area is 197 Å². The third-order valence-electron chi connectivity index (χ3n) is 4.73. The number of amides is 1. The molecular formula is C21H16N4O9S. The minimum absolute atomic E-state index is 0.173. The number of non-ortho nitro benzene ring substituents is 2. The Morgan fingerprint density at radius 1 is 0.829 bits per heavy atom. The van der Waals surface area contributed by atoms with Crippen molar-refractivity contribution in [2.75, 3.05) is 10.0 Å². The van der Waals surface area contributed by atoms with E-state index in [0.29, 0.717) is 0 Å². The van der Waals surface area contributed by atoms with Gasteiger partial charge in [0.1, 0.15) is 0 Å². The van der Waals surface area contributed by atoms with Crippen molar-refractivity contribution in [3.8, 4) is 0 Å². The maximum atomic E-state index is 13.0. The summed E-state index contributed by atoms with van der Waals surface area (Å²) in [6, 6.07) is 11.1. The summed E-state index contributed by atoms with van der Waals surface area (Å²) >= 11 is 0. The second-order valence-electron chi connectivity index (χ2n) is 7.15. The standard InChI is InChI=1S/C21H16N4O9S/c1-12-2-6-15(7-3-12)35(33,34)23-19-11-14(25(31)32)4-8-16(19)20(26)22-18-10-13(24(29)30)5-9-17(18)21(27)28/h2-11,23H,1H3,(H,22,26)(H,27,28). The third-order valence-corrected chi connectivity index (χ3v) is 6.11. The van der Waals surface area contributed by atoms with Crippen molar-refractivity contribution in [3.63, 3.8) is 0 Å². The van der Waals surface area contributed by atoms with Gasteiger partial charge in [0.15, 0.2) is 0 Å². The summed E-state index contributed by atoms with van der Waals surface area (Å²) in [5, 5.41) is 33.8. The molecule has 0 saturated heterocycles. The van der Waals surface area contributed by atoms with Gasteiger partial charge in [0.25, 0.3) is 27.3 Å². The molecule has 3 aromatic carbocycles. The van der Waals surface area contributed by atoms with Gasteiger partial charge in [-0.15, -0.1) is 0 Å². The van der Waals surface area contributed by atoms with Gasteiger partial charge in [0, 0.05) is 24.3 Å². The molecule has 1 amide bonds. The number of rotatable bonds is 8. The molecule has 0 spiro atoms. The van der Waals surface area contributed by atoms with Crippen LogP contribution in [-0.4, -0.2) is 35.2 Å². The van der Waals surface area contributed by atoms with E-state index in [1.54, 1.807) is 6.92 Å². The Hall–Kier alpha value is -4.85. The average Bonchev–Trinajstić information content (AvgIpc) is 2.78. The van der Waals surface area contributed by atoms with Crippen LogP contribution < -0.4 is 10.0 Å². The lowest BCUT2D eigenvalue weighted by Gasteiger charge is -2.14. The van der Waals surface area contributed by atoms with E-state index in [1.807, 2.05) is 0 Å². The fourth-order valence-corrected chi connectivity index (χ4v) is 4.05. The summed E-state index contributed by atoms with van der Waals surface area (Å²) in [4.78, 5) is 45.0. The molecule has 3 rings (SSSR count). The van der Waals surface area contributed by atoms with Crippen LogP contribution in [0.25, 0.3) is 0 Å². The van der Waals surface area contributed by atoms with Crippen molar-refractivity contribution in [2.24, 2.45) is 0 Å². The number of nitro groups is 2. The van der Waals surface area contributed by atoms with E-state index >= 15 is 0 Å². The smallest absolute Gasteiger partial charge is 0.337 e. The average molecular weight is 500 g/mol. The molecule has 14 heteroatoms. The van der Waals surface area contributed by atoms with Crippen molar-refractivity contribution < 1.29 is 33.0 Å². The van der Waals surface area contributed by atoms with Crippen molar-refractivity contribution in [2.45, 2.75) is 11.8 Å². The van der Waals surface area contributed by atoms with Gasteiger partial charge in [-0.05, 0) is 31.2 Å². The van der Waals surface area contributed by atoms with Crippen LogP contribution in [0.1, 0.15) is 26.3 Å². The number of hydrogen-bond acceptors (Lipinski definition) is 8. The molecule has 180 valence electrons. The quantitative estimate of drug-likeness (QED) is 0.305. The summed E-state index contributed by atoms with van der Waals surface area (Å²) < 4.78 is 27.8. The zero-order valence-electron chi connectivity index (χ0n) is 17.8. The Morgan fingerprint density at radius 2 is 1.34 bits per heavy atom. The summed E-state index contributed by atoms with van der Waals surface area (Å²) in [6.07, 6.45) is 0. The maximum Gasteiger partial charge on any atom is 0.337 e. The van der Waals surface area contributed by atoms with E-state index in [-0.39, 0.29) is 4.90 Å². The van der Waals surface area contributed by atoms with Crippen molar-refractivity contribution in [3.05, 3.63) is 97.6 Å². The summed E-state index contributed by atoms with van der Waals surface area (Å²) in [5.74, 6) is -2.55. The second-order valence-corrected chi connectivity index (χ2v) is 8.83. The van der Waals surface area contributed by atoms with Crippen LogP contribution in [0.5, 0.6) is 0 Å². The fraction of sp³-hybridized carbons (Fsp3) is 0.0476. The zero-order chi connectivity index (χ0) is 25.9. The molecule has 0 atom stereocenters. The minimum atomic E-state index is -4.28. The monoisotopic (exact) mass is 500 g/mol. The Bertz CT molecular complexity index is 1470. The largest absolute Gasteiger partial charge is 0.478 e. The lowest BCUT2D eigenvalue weighted by atomic mass is 10.1. The SMILES string of the molecule is Cc1ccc(S(=O)(=O)Nc2cc([N+](=O)[O-])ccc2C(=O)Nc2cc([N+](=O)[O-])ccc2C(=O)O)cc1. The molecule has 0 bridgehead atoms. The second kappa shape index (κ2) is 9.56. The van der Waals surface area contributed by atoms with Gasteiger partial charge in [0.2, 0.25) is 0 Å². The van der Waals surface area contributed by atoms with Gasteiger partial charge in [-0.2, -0.15) is 0 Å². The summed E-state index contributed by atoms with van der Waals surface area (Å²) in [5.41, 5.74) is -1.99. The van der Waals surface area contributed by atoms with Crippen LogP contribution in [-0.2, 0) is 10.0 Å². The van der Waals surface area contributed by atoms with Crippen molar-refractivity contribution in [1.29, 1.82) is 0 Å². The molecule has 35 heavy (non-hydrogen) atoms. The van der Waals surface area contributed by atoms with Crippen LogP contribution >= 0.6 is 0 Å². The number of aryl methyl sites for hydroxylation is 1.